The van der Waals surface area contributed by atoms with Gasteiger partial charge in [-0.1, -0.05) is 49.1 Å². The minimum atomic E-state index is -3.40. The fraction of sp³-hybridized carbons (Fsp3) is 0.519. The molecule has 1 aliphatic carbocycles. The summed E-state index contributed by atoms with van der Waals surface area (Å²) in [6.07, 6.45) is 6.89. The number of benzene rings is 2. The Morgan fingerprint density at radius 3 is 2.43 bits per heavy atom. The number of likely N-dealkylation sites (tertiary alicyclic amines) is 1. The van der Waals surface area contributed by atoms with E-state index in [4.69, 9.17) is 10.5 Å². The zero-order valence-electron chi connectivity index (χ0n) is 20.2. The predicted molar refractivity (Wildman–Crippen MR) is 136 cm³/mol. The number of carbonyl (C=O) groups excluding carboxylic acids is 1. The van der Waals surface area contributed by atoms with E-state index >= 15 is 8.78 Å². The SMILES string of the molecule is Cc1ccc(C(F)(F)C(NSc2ccc(OCC3CCCCC3)cc2)C(=O)N2CCC(N)C2)cc1. The molecule has 5 nitrogen and oxygen atoms in total. The first-order valence-corrected chi connectivity index (χ1v) is 13.3. The largest absolute Gasteiger partial charge is 0.493 e. The highest BCUT2D eigenvalue weighted by atomic mass is 32.2. The number of amides is 1. The van der Waals surface area contributed by atoms with Crippen molar-refractivity contribution in [3.05, 3.63) is 59.7 Å². The van der Waals surface area contributed by atoms with Crippen molar-refractivity contribution in [3.63, 3.8) is 0 Å². The zero-order chi connectivity index (χ0) is 24.8. The third-order valence-corrected chi connectivity index (χ3v) is 7.77. The lowest BCUT2D eigenvalue weighted by Crippen LogP contribution is -2.52. The Hall–Kier alpha value is -2.16. The van der Waals surface area contributed by atoms with Crippen LogP contribution in [0.3, 0.4) is 0 Å². The lowest BCUT2D eigenvalue weighted by Gasteiger charge is -2.30. The number of nitrogens with one attached hydrogen (secondary N) is 1. The van der Waals surface area contributed by atoms with E-state index in [2.05, 4.69) is 4.72 Å². The molecule has 2 fully saturated rings. The smallest absolute Gasteiger partial charge is 0.298 e. The summed E-state index contributed by atoms with van der Waals surface area (Å²) in [7, 11) is 0. The number of ether oxygens (including phenoxy) is 1. The third kappa shape index (κ3) is 6.74. The summed E-state index contributed by atoms with van der Waals surface area (Å²) in [4.78, 5) is 15.3. The summed E-state index contributed by atoms with van der Waals surface area (Å²) in [5, 5.41) is 0. The number of halogens is 2. The Kier molecular flexibility index (Phi) is 8.68. The van der Waals surface area contributed by atoms with Crippen LogP contribution < -0.4 is 15.2 Å². The lowest BCUT2D eigenvalue weighted by atomic mass is 9.90. The highest BCUT2D eigenvalue weighted by molar-refractivity contribution is 7.97. The molecule has 1 aliphatic heterocycles. The van der Waals surface area contributed by atoms with Crippen molar-refractivity contribution in [2.75, 3.05) is 19.7 Å². The number of nitrogens with two attached hydrogens (primary N) is 1. The molecule has 2 atom stereocenters. The number of rotatable bonds is 9. The van der Waals surface area contributed by atoms with Crippen LogP contribution >= 0.6 is 11.9 Å². The highest BCUT2D eigenvalue weighted by Crippen LogP contribution is 2.35. The molecule has 1 saturated carbocycles. The van der Waals surface area contributed by atoms with E-state index in [9.17, 15) is 4.79 Å². The standard InChI is InChI=1S/C27H35F2N3O2S/c1-19-7-9-21(10-8-19)27(28,29)25(26(33)32-16-15-22(30)17-32)31-35-24-13-11-23(12-14-24)34-18-20-5-3-2-4-6-20/h7-14,20,22,25,31H,2-6,15-18,30H2,1H3. The number of carbonyl (C=O) groups is 1. The van der Waals surface area contributed by atoms with Gasteiger partial charge in [-0.3, -0.25) is 4.79 Å². The first-order valence-electron chi connectivity index (χ1n) is 12.5. The first kappa shape index (κ1) is 25.9. The monoisotopic (exact) mass is 503 g/mol. The van der Waals surface area contributed by atoms with Crippen LogP contribution in [0.15, 0.2) is 53.4 Å². The van der Waals surface area contributed by atoms with Gasteiger partial charge in [-0.2, -0.15) is 8.78 Å². The fourth-order valence-corrected chi connectivity index (χ4v) is 5.47. The van der Waals surface area contributed by atoms with Gasteiger partial charge in [-0.15, -0.1) is 0 Å². The Bertz CT molecular complexity index is 965. The Balaban J connectivity index is 1.42. The quantitative estimate of drug-likeness (QED) is 0.456. The molecule has 0 radical (unpaired) electrons. The van der Waals surface area contributed by atoms with Crippen molar-refractivity contribution in [2.45, 2.75) is 68.4 Å². The van der Waals surface area contributed by atoms with Crippen molar-refractivity contribution >= 4 is 17.9 Å². The molecule has 1 amide bonds. The van der Waals surface area contributed by atoms with Crippen LogP contribution in [0.2, 0.25) is 0 Å². The van der Waals surface area contributed by atoms with Crippen LogP contribution in [-0.2, 0) is 10.7 Å². The molecule has 0 aromatic heterocycles. The van der Waals surface area contributed by atoms with Crippen molar-refractivity contribution < 1.29 is 18.3 Å². The molecule has 0 bridgehead atoms. The summed E-state index contributed by atoms with van der Waals surface area (Å²) in [5.41, 5.74) is 6.62. The Morgan fingerprint density at radius 1 is 1.11 bits per heavy atom. The van der Waals surface area contributed by atoms with Crippen LogP contribution in [-0.4, -0.2) is 42.6 Å². The van der Waals surface area contributed by atoms with Crippen molar-refractivity contribution in [1.82, 2.24) is 9.62 Å². The number of hydrogen-bond donors (Lipinski definition) is 2. The van der Waals surface area contributed by atoms with E-state index in [1.54, 1.807) is 12.1 Å². The van der Waals surface area contributed by atoms with Crippen LogP contribution in [0.1, 0.15) is 49.7 Å². The molecular weight excluding hydrogens is 468 g/mol. The summed E-state index contributed by atoms with van der Waals surface area (Å²) >= 11 is 1.03. The van der Waals surface area contributed by atoms with Gasteiger partial charge in [0.2, 0.25) is 5.91 Å². The third-order valence-electron chi connectivity index (χ3n) is 6.91. The van der Waals surface area contributed by atoms with Crippen LogP contribution in [0.4, 0.5) is 8.78 Å². The minimum absolute atomic E-state index is 0.179. The number of alkyl halides is 2. The van der Waals surface area contributed by atoms with Gasteiger partial charge in [-0.25, -0.2) is 4.72 Å². The van der Waals surface area contributed by atoms with Gasteiger partial charge in [0, 0.05) is 29.6 Å². The average Bonchev–Trinajstić information content (AvgIpc) is 3.30. The summed E-state index contributed by atoms with van der Waals surface area (Å²) in [5.74, 6) is -2.66. The summed E-state index contributed by atoms with van der Waals surface area (Å²) in [6, 6.07) is 11.5. The molecule has 4 rings (SSSR count). The predicted octanol–water partition coefficient (Wildman–Crippen LogP) is 5.27. The van der Waals surface area contributed by atoms with Gasteiger partial charge < -0.3 is 15.4 Å². The van der Waals surface area contributed by atoms with E-state index in [1.807, 2.05) is 31.2 Å². The summed E-state index contributed by atoms with van der Waals surface area (Å²) < 4.78 is 40.0. The van der Waals surface area contributed by atoms with Gasteiger partial charge in [0.05, 0.1) is 6.61 Å². The fourth-order valence-electron chi connectivity index (χ4n) is 4.69. The van der Waals surface area contributed by atoms with E-state index < -0.39 is 17.9 Å². The van der Waals surface area contributed by atoms with Gasteiger partial charge in [0.25, 0.3) is 5.92 Å². The maximum Gasteiger partial charge on any atom is 0.298 e. The molecular formula is C27H35F2N3O2S. The average molecular weight is 504 g/mol. The molecule has 3 N–H and O–H groups in total. The number of aryl methyl sites for hydroxylation is 1. The second-order valence-corrected chi connectivity index (χ2v) is 10.7. The van der Waals surface area contributed by atoms with E-state index in [0.29, 0.717) is 32.0 Å². The summed E-state index contributed by atoms with van der Waals surface area (Å²) in [6.45, 7) is 3.23. The van der Waals surface area contributed by atoms with Crippen molar-refractivity contribution in [1.29, 1.82) is 0 Å². The second kappa shape index (κ2) is 11.7. The van der Waals surface area contributed by atoms with Crippen molar-refractivity contribution in [2.24, 2.45) is 11.7 Å². The van der Waals surface area contributed by atoms with Crippen LogP contribution in [0, 0.1) is 12.8 Å². The second-order valence-electron chi connectivity index (χ2n) is 9.76. The molecule has 8 heteroatoms. The molecule has 2 aliphatic rings. The van der Waals surface area contributed by atoms with E-state index in [-0.39, 0.29) is 11.6 Å². The molecule has 2 unspecified atom stereocenters. The molecule has 2 aromatic carbocycles. The van der Waals surface area contributed by atoms with E-state index in [1.165, 1.54) is 49.1 Å². The lowest BCUT2D eigenvalue weighted by molar-refractivity contribution is -0.143. The molecule has 0 spiro atoms. The van der Waals surface area contributed by atoms with Gasteiger partial charge >= 0.3 is 0 Å². The van der Waals surface area contributed by atoms with Crippen molar-refractivity contribution in [3.8, 4) is 5.75 Å². The van der Waals surface area contributed by atoms with Gasteiger partial charge in [-0.05, 0) is 68.3 Å². The number of hydrogen-bond acceptors (Lipinski definition) is 5. The molecule has 190 valence electrons. The molecule has 2 aromatic rings. The Morgan fingerprint density at radius 2 is 1.80 bits per heavy atom. The highest BCUT2D eigenvalue weighted by Gasteiger charge is 2.48. The van der Waals surface area contributed by atoms with Crippen LogP contribution in [0.5, 0.6) is 5.75 Å². The van der Waals surface area contributed by atoms with Gasteiger partial charge in [0.1, 0.15) is 5.75 Å². The molecule has 1 saturated heterocycles. The molecule has 1 heterocycles. The number of nitrogens with zero attached hydrogens (tertiary/aromatic N) is 1. The first-order chi connectivity index (χ1) is 16.8. The topological polar surface area (TPSA) is 67.6 Å². The normalized spacial score (nSPS) is 20.1. The minimum Gasteiger partial charge on any atom is -0.493 e. The van der Waals surface area contributed by atoms with Crippen LogP contribution in [0.25, 0.3) is 0 Å². The zero-order valence-corrected chi connectivity index (χ0v) is 21.0. The molecule has 35 heavy (non-hydrogen) atoms. The maximum atomic E-state index is 15.6. The van der Waals surface area contributed by atoms with Gasteiger partial charge in [0.15, 0.2) is 6.04 Å². The maximum absolute atomic E-state index is 15.6. The van der Waals surface area contributed by atoms with E-state index in [0.717, 1.165) is 28.2 Å². The Labute approximate surface area is 210 Å².